The summed E-state index contributed by atoms with van der Waals surface area (Å²) in [7, 11) is 2.90. The van der Waals surface area contributed by atoms with Crippen LogP contribution in [-0.2, 0) is 20.3 Å². The van der Waals surface area contributed by atoms with Crippen LogP contribution in [0.4, 0.5) is 0 Å². The molecule has 1 aromatic carbocycles. The second-order valence-corrected chi connectivity index (χ2v) is 5.94. The molecule has 0 bridgehead atoms. The van der Waals surface area contributed by atoms with Gasteiger partial charge in [-0.3, -0.25) is 4.79 Å². The number of nitrogens with two attached hydrogens (primary N) is 1. The summed E-state index contributed by atoms with van der Waals surface area (Å²) in [6, 6.07) is 4.21. The van der Waals surface area contributed by atoms with Gasteiger partial charge in [-0.25, -0.2) is 8.42 Å². The number of rotatable bonds is 5. The third kappa shape index (κ3) is 3.90. The summed E-state index contributed by atoms with van der Waals surface area (Å²) in [6.45, 7) is 0. The van der Waals surface area contributed by atoms with Crippen molar-refractivity contribution >= 4 is 25.6 Å². The zero-order chi connectivity index (χ0) is 13.1. The first-order chi connectivity index (χ1) is 7.84. The molecule has 94 valence electrons. The molecule has 0 unspecified atom stereocenters. The minimum absolute atomic E-state index is 0.0283. The molecule has 1 aromatic rings. The maximum Gasteiger partial charge on any atom is 0.261 e. The van der Waals surface area contributed by atoms with E-state index in [1.807, 2.05) is 0 Å². The summed E-state index contributed by atoms with van der Waals surface area (Å²) in [5.74, 6) is 0.0292. The first kappa shape index (κ1) is 13.8. The van der Waals surface area contributed by atoms with Crippen LogP contribution < -0.4 is 10.5 Å². The van der Waals surface area contributed by atoms with Crippen LogP contribution in [0.25, 0.3) is 0 Å². The number of amides is 1. The van der Waals surface area contributed by atoms with Crippen LogP contribution in [0.1, 0.15) is 12.0 Å². The van der Waals surface area contributed by atoms with Crippen molar-refractivity contribution in [1.82, 2.24) is 0 Å². The van der Waals surface area contributed by atoms with Gasteiger partial charge >= 0.3 is 0 Å². The van der Waals surface area contributed by atoms with E-state index in [0.29, 0.717) is 17.7 Å². The van der Waals surface area contributed by atoms with Gasteiger partial charge in [-0.05, 0) is 30.2 Å². The lowest BCUT2D eigenvalue weighted by molar-refractivity contribution is -0.117. The molecule has 0 aliphatic heterocycles. The zero-order valence-electron chi connectivity index (χ0n) is 9.14. The normalized spacial score (nSPS) is 11.2. The van der Waals surface area contributed by atoms with Crippen molar-refractivity contribution in [2.24, 2.45) is 5.73 Å². The van der Waals surface area contributed by atoms with E-state index < -0.39 is 15.0 Å². The second-order valence-electron chi connectivity index (χ2n) is 3.38. The molecule has 0 saturated carbocycles. The third-order valence-electron chi connectivity index (χ3n) is 2.17. The van der Waals surface area contributed by atoms with Gasteiger partial charge in [0.15, 0.2) is 0 Å². The number of methoxy groups -OCH3 is 1. The summed E-state index contributed by atoms with van der Waals surface area (Å²) < 4.78 is 27.4. The van der Waals surface area contributed by atoms with Gasteiger partial charge in [-0.1, -0.05) is 0 Å². The predicted molar refractivity (Wildman–Crippen MR) is 63.5 cm³/mol. The molecule has 2 N–H and O–H groups in total. The minimum atomic E-state index is -3.79. The molecule has 0 atom stereocenters. The predicted octanol–water partition coefficient (Wildman–Crippen LogP) is 1.04. The molecular weight excluding hydrogens is 266 g/mol. The monoisotopic (exact) mass is 277 g/mol. The molecule has 1 rings (SSSR count). The second kappa shape index (κ2) is 5.37. The Bertz CT molecular complexity index is 527. The molecule has 7 heteroatoms. The zero-order valence-corrected chi connectivity index (χ0v) is 10.7. The number of aryl methyl sites for hydroxylation is 1. The van der Waals surface area contributed by atoms with Crippen molar-refractivity contribution in [2.45, 2.75) is 17.7 Å². The molecule has 0 saturated heterocycles. The first-order valence-corrected chi connectivity index (χ1v) is 7.05. The van der Waals surface area contributed by atoms with Gasteiger partial charge in [0.1, 0.15) is 5.75 Å². The molecule has 1 amide bonds. The number of ether oxygens (including phenoxy) is 1. The molecule has 0 heterocycles. The Morgan fingerprint density at radius 2 is 2.12 bits per heavy atom. The quantitative estimate of drug-likeness (QED) is 0.815. The largest absolute Gasteiger partial charge is 0.496 e. The van der Waals surface area contributed by atoms with Crippen molar-refractivity contribution < 1.29 is 17.9 Å². The number of carbonyl (C=O) groups excluding carboxylic acids is 1. The highest BCUT2D eigenvalue weighted by Gasteiger charge is 2.13. The van der Waals surface area contributed by atoms with Gasteiger partial charge in [-0.15, -0.1) is 0 Å². The van der Waals surface area contributed by atoms with E-state index in [9.17, 15) is 13.2 Å². The summed E-state index contributed by atoms with van der Waals surface area (Å²) in [6.07, 6.45) is 0.418. The van der Waals surface area contributed by atoms with Crippen LogP contribution in [0.2, 0.25) is 0 Å². The van der Waals surface area contributed by atoms with Crippen molar-refractivity contribution in [3.8, 4) is 5.75 Å². The van der Waals surface area contributed by atoms with Crippen LogP contribution in [0.5, 0.6) is 5.75 Å². The minimum Gasteiger partial charge on any atom is -0.496 e. The standard InChI is InChI=1S/C10H12ClNO4S/c1-16-9-4-3-8(17(11,14)15)6-7(9)2-5-10(12)13/h3-4,6H,2,5H2,1H3,(H2,12,13). The summed E-state index contributed by atoms with van der Waals surface area (Å²) in [5, 5.41) is 0. The van der Waals surface area contributed by atoms with E-state index in [-0.39, 0.29) is 11.3 Å². The van der Waals surface area contributed by atoms with Gasteiger partial charge in [0.2, 0.25) is 5.91 Å². The number of carbonyl (C=O) groups is 1. The van der Waals surface area contributed by atoms with Crippen molar-refractivity contribution in [1.29, 1.82) is 0 Å². The van der Waals surface area contributed by atoms with Crippen LogP contribution in [0.3, 0.4) is 0 Å². The SMILES string of the molecule is COc1ccc(S(=O)(=O)Cl)cc1CCC(N)=O. The maximum absolute atomic E-state index is 11.2. The van der Waals surface area contributed by atoms with E-state index >= 15 is 0 Å². The smallest absolute Gasteiger partial charge is 0.261 e. The number of benzene rings is 1. The Balaban J connectivity index is 3.11. The molecule has 0 aliphatic carbocycles. The fourth-order valence-corrected chi connectivity index (χ4v) is 2.16. The lowest BCUT2D eigenvalue weighted by Gasteiger charge is -2.08. The van der Waals surface area contributed by atoms with Crippen molar-refractivity contribution in [3.63, 3.8) is 0 Å². The fourth-order valence-electron chi connectivity index (χ4n) is 1.36. The Kier molecular flexibility index (Phi) is 4.36. The molecule has 0 aliphatic rings. The summed E-state index contributed by atoms with van der Waals surface area (Å²) in [5.41, 5.74) is 5.61. The Morgan fingerprint density at radius 3 is 2.59 bits per heavy atom. The maximum atomic E-state index is 11.2. The van der Waals surface area contributed by atoms with Crippen LogP contribution >= 0.6 is 10.7 Å². The summed E-state index contributed by atoms with van der Waals surface area (Å²) in [4.78, 5) is 10.7. The Hall–Kier alpha value is -1.27. The third-order valence-corrected chi connectivity index (χ3v) is 3.53. The Morgan fingerprint density at radius 1 is 1.47 bits per heavy atom. The highest BCUT2D eigenvalue weighted by Crippen LogP contribution is 2.25. The van der Waals surface area contributed by atoms with Crippen LogP contribution in [-0.4, -0.2) is 21.4 Å². The number of hydrogen-bond donors (Lipinski definition) is 1. The molecular formula is C10H12ClNO4S. The first-order valence-electron chi connectivity index (χ1n) is 4.74. The van der Waals surface area contributed by atoms with E-state index in [1.54, 1.807) is 0 Å². The average molecular weight is 278 g/mol. The lowest BCUT2D eigenvalue weighted by Crippen LogP contribution is -2.11. The highest BCUT2D eigenvalue weighted by molar-refractivity contribution is 8.13. The Labute approximate surface area is 104 Å². The van der Waals surface area contributed by atoms with E-state index in [0.717, 1.165) is 0 Å². The number of halogens is 1. The van der Waals surface area contributed by atoms with Crippen LogP contribution in [0, 0.1) is 0 Å². The fraction of sp³-hybridized carbons (Fsp3) is 0.300. The van der Waals surface area contributed by atoms with Gasteiger partial charge in [0, 0.05) is 17.1 Å². The lowest BCUT2D eigenvalue weighted by atomic mass is 10.1. The molecule has 0 fully saturated rings. The molecule has 0 spiro atoms. The molecule has 17 heavy (non-hydrogen) atoms. The van der Waals surface area contributed by atoms with Crippen molar-refractivity contribution in [3.05, 3.63) is 23.8 Å². The average Bonchev–Trinajstić information content (AvgIpc) is 2.24. The molecule has 0 radical (unpaired) electrons. The van der Waals surface area contributed by atoms with Crippen LogP contribution in [0.15, 0.2) is 23.1 Å². The van der Waals surface area contributed by atoms with E-state index in [1.165, 1.54) is 25.3 Å². The van der Waals surface area contributed by atoms with E-state index in [2.05, 4.69) is 0 Å². The highest BCUT2D eigenvalue weighted by atomic mass is 35.7. The van der Waals surface area contributed by atoms with Gasteiger partial charge in [-0.2, -0.15) is 0 Å². The summed E-state index contributed by atoms with van der Waals surface area (Å²) >= 11 is 0. The van der Waals surface area contributed by atoms with E-state index in [4.69, 9.17) is 21.2 Å². The molecule has 0 aromatic heterocycles. The topological polar surface area (TPSA) is 86.5 Å². The van der Waals surface area contributed by atoms with Gasteiger partial charge in [0.05, 0.1) is 12.0 Å². The number of primary amides is 1. The van der Waals surface area contributed by atoms with Gasteiger partial charge in [0.25, 0.3) is 9.05 Å². The van der Waals surface area contributed by atoms with Gasteiger partial charge < -0.3 is 10.5 Å². The van der Waals surface area contributed by atoms with Crippen molar-refractivity contribution in [2.75, 3.05) is 7.11 Å². The number of hydrogen-bond acceptors (Lipinski definition) is 4. The molecule has 5 nitrogen and oxygen atoms in total.